The van der Waals surface area contributed by atoms with Crippen LogP contribution < -0.4 is 10.2 Å². The minimum Gasteiger partial charge on any atom is -0.305 e. The number of nitrogens with one attached hydrogen (secondary N) is 1. The van der Waals surface area contributed by atoms with Crippen molar-refractivity contribution in [2.75, 3.05) is 50.7 Å². The second-order valence-electron chi connectivity index (χ2n) is 6.88. The van der Waals surface area contributed by atoms with Crippen molar-refractivity contribution in [2.45, 2.75) is 25.8 Å². The minimum absolute atomic E-state index is 0.134. The standard InChI is InChI=1S/C19H27BrN4O2/c1-2-22-10-12-23(13-11-22)9-3-8-21-17-14-18(25)24(19(17)26)16-6-4-15(20)5-7-16/h4-7,17,21H,2-3,8-14H2,1H3/t17-/m1/s1. The summed E-state index contributed by atoms with van der Waals surface area (Å²) in [4.78, 5) is 31.1. The Morgan fingerprint density at radius 1 is 1.08 bits per heavy atom. The van der Waals surface area contributed by atoms with Gasteiger partial charge < -0.3 is 15.1 Å². The molecule has 7 heteroatoms. The number of carbonyl (C=O) groups excluding carboxylic acids is 2. The van der Waals surface area contributed by atoms with Gasteiger partial charge in [-0.25, -0.2) is 4.90 Å². The van der Waals surface area contributed by atoms with Crippen molar-refractivity contribution in [1.82, 2.24) is 15.1 Å². The number of nitrogens with zero attached hydrogens (tertiary/aromatic N) is 3. The van der Waals surface area contributed by atoms with Crippen molar-refractivity contribution in [3.8, 4) is 0 Å². The number of hydrogen-bond acceptors (Lipinski definition) is 5. The predicted octanol–water partition coefficient (Wildman–Crippen LogP) is 1.70. The van der Waals surface area contributed by atoms with Crippen molar-refractivity contribution in [1.29, 1.82) is 0 Å². The van der Waals surface area contributed by atoms with Crippen LogP contribution in [-0.2, 0) is 9.59 Å². The summed E-state index contributed by atoms with van der Waals surface area (Å²) in [5.41, 5.74) is 0.640. The smallest absolute Gasteiger partial charge is 0.251 e. The lowest BCUT2D eigenvalue weighted by Gasteiger charge is -2.34. The van der Waals surface area contributed by atoms with Crippen molar-refractivity contribution in [3.05, 3.63) is 28.7 Å². The lowest BCUT2D eigenvalue weighted by Crippen LogP contribution is -2.47. The van der Waals surface area contributed by atoms with Gasteiger partial charge in [-0.05, 0) is 50.3 Å². The summed E-state index contributed by atoms with van der Waals surface area (Å²) in [6.07, 6.45) is 1.23. The maximum absolute atomic E-state index is 12.6. The number of anilines is 1. The lowest BCUT2D eigenvalue weighted by atomic mass is 10.2. The van der Waals surface area contributed by atoms with E-state index in [1.165, 1.54) is 4.90 Å². The molecular formula is C19H27BrN4O2. The second kappa shape index (κ2) is 9.08. The van der Waals surface area contributed by atoms with Crippen LogP contribution in [0.25, 0.3) is 0 Å². The van der Waals surface area contributed by atoms with Crippen LogP contribution in [0.1, 0.15) is 19.8 Å². The van der Waals surface area contributed by atoms with E-state index in [1.807, 2.05) is 12.1 Å². The molecule has 2 aliphatic rings. The normalized spacial score (nSPS) is 22.4. The summed E-state index contributed by atoms with van der Waals surface area (Å²) in [7, 11) is 0. The summed E-state index contributed by atoms with van der Waals surface area (Å²) in [5.74, 6) is -0.278. The van der Waals surface area contributed by atoms with Gasteiger partial charge in [-0.1, -0.05) is 22.9 Å². The van der Waals surface area contributed by atoms with Gasteiger partial charge in [0, 0.05) is 30.7 Å². The second-order valence-corrected chi connectivity index (χ2v) is 7.80. The largest absolute Gasteiger partial charge is 0.305 e. The Labute approximate surface area is 163 Å². The van der Waals surface area contributed by atoms with Crippen LogP contribution in [0.4, 0.5) is 5.69 Å². The molecule has 0 radical (unpaired) electrons. The lowest BCUT2D eigenvalue weighted by molar-refractivity contribution is -0.121. The third-order valence-electron chi connectivity index (χ3n) is 5.19. The molecule has 0 spiro atoms. The van der Waals surface area contributed by atoms with Gasteiger partial charge in [0.05, 0.1) is 18.2 Å². The van der Waals surface area contributed by atoms with Gasteiger partial charge in [0.15, 0.2) is 0 Å². The number of amides is 2. The quantitative estimate of drug-likeness (QED) is 0.535. The highest BCUT2D eigenvalue weighted by Gasteiger charge is 2.39. The Kier molecular flexibility index (Phi) is 6.80. The molecule has 0 unspecified atom stereocenters. The molecule has 142 valence electrons. The van der Waals surface area contributed by atoms with Crippen LogP contribution in [0.5, 0.6) is 0 Å². The molecule has 2 saturated heterocycles. The maximum atomic E-state index is 12.6. The summed E-state index contributed by atoms with van der Waals surface area (Å²) >= 11 is 3.37. The van der Waals surface area contributed by atoms with Gasteiger partial charge in [0.25, 0.3) is 5.91 Å². The van der Waals surface area contributed by atoms with E-state index in [-0.39, 0.29) is 18.2 Å². The Hall–Kier alpha value is -1.28. The highest BCUT2D eigenvalue weighted by atomic mass is 79.9. The van der Waals surface area contributed by atoms with E-state index in [0.29, 0.717) is 5.69 Å². The molecule has 1 N–H and O–H groups in total. The van der Waals surface area contributed by atoms with E-state index >= 15 is 0 Å². The number of benzene rings is 1. The van der Waals surface area contributed by atoms with Gasteiger partial charge in [-0.15, -0.1) is 0 Å². The molecule has 0 aromatic heterocycles. The van der Waals surface area contributed by atoms with Gasteiger partial charge in [0.2, 0.25) is 5.91 Å². The molecule has 1 aromatic carbocycles. The first-order valence-corrected chi connectivity index (χ1v) is 10.2. The third kappa shape index (κ3) is 4.71. The van der Waals surface area contributed by atoms with Gasteiger partial charge >= 0.3 is 0 Å². The highest BCUT2D eigenvalue weighted by Crippen LogP contribution is 2.24. The van der Waals surface area contributed by atoms with E-state index in [1.54, 1.807) is 12.1 Å². The fourth-order valence-electron chi connectivity index (χ4n) is 3.56. The van der Waals surface area contributed by atoms with E-state index in [4.69, 9.17) is 0 Å². The van der Waals surface area contributed by atoms with Gasteiger partial charge in [-0.3, -0.25) is 9.59 Å². The fourth-order valence-corrected chi connectivity index (χ4v) is 3.83. The molecule has 2 heterocycles. The average molecular weight is 423 g/mol. The first-order chi connectivity index (χ1) is 12.6. The Balaban J connectivity index is 1.42. The third-order valence-corrected chi connectivity index (χ3v) is 5.71. The molecule has 26 heavy (non-hydrogen) atoms. The summed E-state index contributed by atoms with van der Waals surface area (Å²) in [6.45, 7) is 9.64. The number of hydrogen-bond donors (Lipinski definition) is 1. The monoisotopic (exact) mass is 422 g/mol. The van der Waals surface area contributed by atoms with Crippen molar-refractivity contribution in [3.63, 3.8) is 0 Å². The summed E-state index contributed by atoms with van der Waals surface area (Å²) in [5, 5.41) is 3.27. The first-order valence-electron chi connectivity index (χ1n) is 9.39. The van der Waals surface area contributed by atoms with Gasteiger partial charge in [0.1, 0.15) is 0 Å². The zero-order chi connectivity index (χ0) is 18.5. The van der Waals surface area contributed by atoms with Crippen LogP contribution in [0.3, 0.4) is 0 Å². The summed E-state index contributed by atoms with van der Waals surface area (Å²) in [6, 6.07) is 6.86. The molecule has 3 rings (SSSR count). The minimum atomic E-state index is -0.400. The van der Waals surface area contributed by atoms with Gasteiger partial charge in [-0.2, -0.15) is 0 Å². The van der Waals surface area contributed by atoms with E-state index in [0.717, 1.165) is 56.7 Å². The predicted molar refractivity (Wildman–Crippen MR) is 106 cm³/mol. The van der Waals surface area contributed by atoms with Crippen LogP contribution in [-0.4, -0.2) is 73.5 Å². The molecule has 0 bridgehead atoms. The number of carbonyl (C=O) groups is 2. The Bertz CT molecular complexity index is 629. The Morgan fingerprint density at radius 3 is 2.38 bits per heavy atom. The fraction of sp³-hybridized carbons (Fsp3) is 0.579. The molecule has 2 fully saturated rings. The average Bonchev–Trinajstić information content (AvgIpc) is 2.94. The number of imide groups is 1. The van der Waals surface area contributed by atoms with E-state index < -0.39 is 6.04 Å². The molecule has 0 aliphatic carbocycles. The molecule has 6 nitrogen and oxygen atoms in total. The van der Waals surface area contributed by atoms with Crippen molar-refractivity contribution < 1.29 is 9.59 Å². The van der Waals surface area contributed by atoms with Crippen LogP contribution in [0, 0.1) is 0 Å². The molecular weight excluding hydrogens is 396 g/mol. The SMILES string of the molecule is CCN1CCN(CCCN[C@@H]2CC(=O)N(c3ccc(Br)cc3)C2=O)CC1. The molecule has 1 aromatic rings. The van der Waals surface area contributed by atoms with Crippen LogP contribution >= 0.6 is 15.9 Å². The van der Waals surface area contributed by atoms with E-state index in [9.17, 15) is 9.59 Å². The highest BCUT2D eigenvalue weighted by molar-refractivity contribution is 9.10. The molecule has 0 saturated carbocycles. The number of likely N-dealkylation sites (N-methyl/N-ethyl adjacent to an activating group) is 1. The summed E-state index contributed by atoms with van der Waals surface area (Å²) < 4.78 is 0.926. The van der Waals surface area contributed by atoms with E-state index in [2.05, 4.69) is 38.0 Å². The Morgan fingerprint density at radius 2 is 1.73 bits per heavy atom. The first kappa shape index (κ1) is 19.5. The van der Waals surface area contributed by atoms with Crippen LogP contribution in [0.2, 0.25) is 0 Å². The molecule has 1 atom stereocenters. The number of halogens is 1. The zero-order valence-corrected chi connectivity index (χ0v) is 16.9. The molecule has 2 amide bonds. The van der Waals surface area contributed by atoms with Crippen LogP contribution in [0.15, 0.2) is 28.7 Å². The zero-order valence-electron chi connectivity index (χ0n) is 15.3. The maximum Gasteiger partial charge on any atom is 0.251 e. The van der Waals surface area contributed by atoms with Crippen molar-refractivity contribution >= 4 is 33.4 Å². The number of rotatable bonds is 7. The van der Waals surface area contributed by atoms with Crippen molar-refractivity contribution in [2.24, 2.45) is 0 Å². The topological polar surface area (TPSA) is 55.9 Å². The molecule has 2 aliphatic heterocycles. The number of piperazine rings is 1.